The molecular weight excluding hydrogens is 392 g/mol. The fourth-order valence-electron chi connectivity index (χ4n) is 3.65. The fourth-order valence-corrected chi connectivity index (χ4v) is 4.59. The Balaban J connectivity index is 1.82. The summed E-state index contributed by atoms with van der Waals surface area (Å²) in [5.74, 6) is 1.49. The zero-order valence-corrected chi connectivity index (χ0v) is 17.4. The molecule has 0 saturated carbocycles. The van der Waals surface area contributed by atoms with E-state index in [1.807, 2.05) is 18.2 Å². The van der Waals surface area contributed by atoms with E-state index < -0.39 is 0 Å². The van der Waals surface area contributed by atoms with Gasteiger partial charge in [-0.05, 0) is 31.0 Å². The number of ether oxygens (including phenoxy) is 2. The Labute approximate surface area is 172 Å². The SMILES string of the molecule is COCCCNC(=O)Cn1c2ccc(OC)cc2c2nc3n(c(=O)c21)CCCS3. The topological polar surface area (TPSA) is 87.4 Å². The number of carbonyl (C=O) groups excluding carboxylic acids is 1. The summed E-state index contributed by atoms with van der Waals surface area (Å²) >= 11 is 1.60. The summed E-state index contributed by atoms with van der Waals surface area (Å²) in [6.45, 7) is 1.83. The molecule has 0 bridgehead atoms. The quantitative estimate of drug-likeness (QED) is 0.468. The van der Waals surface area contributed by atoms with Gasteiger partial charge in [-0.15, -0.1) is 0 Å². The van der Waals surface area contributed by atoms with E-state index in [0.29, 0.717) is 36.5 Å². The summed E-state index contributed by atoms with van der Waals surface area (Å²) in [4.78, 5) is 30.7. The molecule has 29 heavy (non-hydrogen) atoms. The summed E-state index contributed by atoms with van der Waals surface area (Å²) in [5.41, 5.74) is 1.79. The predicted octanol–water partition coefficient (Wildman–Crippen LogP) is 2.01. The minimum absolute atomic E-state index is 0.0583. The highest BCUT2D eigenvalue weighted by molar-refractivity contribution is 7.99. The maximum Gasteiger partial charge on any atom is 0.278 e. The zero-order valence-electron chi connectivity index (χ0n) is 16.6. The molecule has 154 valence electrons. The highest BCUT2D eigenvalue weighted by Crippen LogP contribution is 2.31. The van der Waals surface area contributed by atoms with Crippen LogP contribution in [0.2, 0.25) is 0 Å². The number of benzene rings is 1. The first-order valence-corrected chi connectivity index (χ1v) is 10.6. The Morgan fingerprint density at radius 2 is 2.21 bits per heavy atom. The summed E-state index contributed by atoms with van der Waals surface area (Å²) in [5, 5.41) is 4.45. The third-order valence-electron chi connectivity index (χ3n) is 5.04. The summed E-state index contributed by atoms with van der Waals surface area (Å²) in [6.07, 6.45) is 1.67. The van der Waals surface area contributed by atoms with Crippen LogP contribution in [0.1, 0.15) is 12.8 Å². The number of carbonyl (C=O) groups is 1. The number of thioether (sulfide) groups is 1. The zero-order chi connectivity index (χ0) is 20.4. The number of hydrogen-bond donors (Lipinski definition) is 1. The third-order valence-corrected chi connectivity index (χ3v) is 6.10. The van der Waals surface area contributed by atoms with Crippen LogP contribution in [-0.2, 0) is 22.6 Å². The van der Waals surface area contributed by atoms with Crippen LogP contribution in [0.3, 0.4) is 0 Å². The molecule has 9 heteroatoms. The molecule has 1 aliphatic heterocycles. The lowest BCUT2D eigenvalue weighted by Gasteiger charge is -2.17. The average Bonchev–Trinajstić information content (AvgIpc) is 3.04. The van der Waals surface area contributed by atoms with Crippen LogP contribution in [0, 0.1) is 0 Å². The largest absolute Gasteiger partial charge is 0.497 e. The number of nitrogens with zero attached hydrogens (tertiary/aromatic N) is 3. The molecule has 1 N–H and O–H groups in total. The van der Waals surface area contributed by atoms with Gasteiger partial charge in [0.15, 0.2) is 5.16 Å². The number of methoxy groups -OCH3 is 2. The van der Waals surface area contributed by atoms with Crippen molar-refractivity contribution in [3.63, 3.8) is 0 Å². The van der Waals surface area contributed by atoms with E-state index >= 15 is 0 Å². The van der Waals surface area contributed by atoms with Gasteiger partial charge in [0.2, 0.25) is 5.91 Å². The molecule has 0 saturated heterocycles. The van der Waals surface area contributed by atoms with Crippen LogP contribution in [0.15, 0.2) is 28.2 Å². The van der Waals surface area contributed by atoms with Crippen LogP contribution >= 0.6 is 11.8 Å². The van der Waals surface area contributed by atoms with Crippen molar-refractivity contribution < 1.29 is 14.3 Å². The van der Waals surface area contributed by atoms with Crippen LogP contribution in [0.4, 0.5) is 0 Å². The lowest BCUT2D eigenvalue weighted by atomic mass is 10.2. The molecule has 1 aromatic carbocycles. The van der Waals surface area contributed by atoms with Crippen molar-refractivity contribution in [2.45, 2.75) is 31.1 Å². The highest BCUT2D eigenvalue weighted by atomic mass is 32.2. The highest BCUT2D eigenvalue weighted by Gasteiger charge is 2.22. The van der Waals surface area contributed by atoms with Crippen molar-refractivity contribution in [2.24, 2.45) is 0 Å². The summed E-state index contributed by atoms with van der Waals surface area (Å²) in [7, 11) is 3.24. The molecule has 3 aromatic rings. The second-order valence-corrected chi connectivity index (χ2v) is 7.98. The Bertz CT molecular complexity index is 1120. The van der Waals surface area contributed by atoms with Crippen LogP contribution < -0.4 is 15.6 Å². The fraction of sp³-hybridized carbons (Fsp3) is 0.450. The molecule has 0 radical (unpaired) electrons. The molecule has 4 rings (SSSR count). The maximum absolute atomic E-state index is 13.3. The second kappa shape index (κ2) is 8.46. The van der Waals surface area contributed by atoms with Gasteiger partial charge in [0.1, 0.15) is 23.3 Å². The Morgan fingerprint density at radius 3 is 3.00 bits per heavy atom. The van der Waals surface area contributed by atoms with Gasteiger partial charge in [-0.1, -0.05) is 11.8 Å². The van der Waals surface area contributed by atoms with Gasteiger partial charge < -0.3 is 19.4 Å². The van der Waals surface area contributed by atoms with E-state index in [2.05, 4.69) is 5.32 Å². The van der Waals surface area contributed by atoms with Crippen LogP contribution in [-0.4, -0.2) is 53.1 Å². The first kappa shape index (κ1) is 19.8. The van der Waals surface area contributed by atoms with Gasteiger partial charge in [0, 0.05) is 37.9 Å². The first-order valence-electron chi connectivity index (χ1n) is 9.63. The predicted molar refractivity (Wildman–Crippen MR) is 113 cm³/mol. The van der Waals surface area contributed by atoms with E-state index in [1.165, 1.54) is 0 Å². The molecule has 1 aliphatic rings. The number of nitrogens with one attached hydrogen (secondary N) is 1. The Morgan fingerprint density at radius 1 is 1.34 bits per heavy atom. The average molecular weight is 417 g/mol. The number of rotatable bonds is 7. The number of fused-ring (bicyclic) bond motifs is 4. The molecule has 8 nitrogen and oxygen atoms in total. The standard InChI is InChI=1S/C20H24N4O4S/c1-27-9-3-7-21-16(25)12-24-15-6-5-13(28-2)11-14(15)17-18(24)19(26)23-8-4-10-29-20(23)22-17/h5-6,11H,3-4,7-10,12H2,1-2H3,(H,21,25). The minimum Gasteiger partial charge on any atom is -0.497 e. The molecule has 3 heterocycles. The summed E-state index contributed by atoms with van der Waals surface area (Å²) in [6, 6.07) is 5.59. The minimum atomic E-state index is -0.146. The van der Waals surface area contributed by atoms with Gasteiger partial charge >= 0.3 is 0 Å². The molecule has 0 spiro atoms. The molecule has 0 atom stereocenters. The molecule has 0 unspecified atom stereocenters. The molecule has 2 aromatic heterocycles. The van der Waals surface area contributed by atoms with E-state index in [4.69, 9.17) is 14.5 Å². The van der Waals surface area contributed by atoms with Crippen molar-refractivity contribution in [3.8, 4) is 5.75 Å². The number of aromatic nitrogens is 3. The smallest absolute Gasteiger partial charge is 0.278 e. The monoisotopic (exact) mass is 416 g/mol. The number of amides is 1. The van der Waals surface area contributed by atoms with Gasteiger partial charge in [-0.2, -0.15) is 0 Å². The van der Waals surface area contributed by atoms with Crippen molar-refractivity contribution in [3.05, 3.63) is 28.6 Å². The lowest BCUT2D eigenvalue weighted by molar-refractivity contribution is -0.121. The molecule has 0 fully saturated rings. The lowest BCUT2D eigenvalue weighted by Crippen LogP contribution is -2.31. The van der Waals surface area contributed by atoms with Gasteiger partial charge in [0.05, 0.1) is 12.6 Å². The van der Waals surface area contributed by atoms with Crippen molar-refractivity contribution in [1.29, 1.82) is 0 Å². The first-order chi connectivity index (χ1) is 14.1. The van der Waals surface area contributed by atoms with E-state index in [-0.39, 0.29) is 18.0 Å². The van der Waals surface area contributed by atoms with Crippen LogP contribution in [0.25, 0.3) is 21.9 Å². The van der Waals surface area contributed by atoms with E-state index in [9.17, 15) is 9.59 Å². The van der Waals surface area contributed by atoms with E-state index in [0.717, 1.165) is 34.7 Å². The third kappa shape index (κ3) is 3.72. The van der Waals surface area contributed by atoms with Crippen molar-refractivity contribution in [2.75, 3.05) is 33.1 Å². The van der Waals surface area contributed by atoms with Crippen molar-refractivity contribution in [1.82, 2.24) is 19.4 Å². The van der Waals surface area contributed by atoms with Crippen molar-refractivity contribution >= 4 is 39.6 Å². The second-order valence-electron chi connectivity index (χ2n) is 6.92. The Hall–Kier alpha value is -2.52. The summed E-state index contributed by atoms with van der Waals surface area (Å²) < 4.78 is 13.9. The number of hydrogen-bond acceptors (Lipinski definition) is 6. The van der Waals surface area contributed by atoms with Gasteiger partial charge in [-0.3, -0.25) is 14.2 Å². The normalized spacial score (nSPS) is 13.6. The van der Waals surface area contributed by atoms with Crippen LogP contribution in [0.5, 0.6) is 5.75 Å². The Kier molecular flexibility index (Phi) is 5.77. The molecular formula is C20H24N4O4S. The van der Waals surface area contributed by atoms with E-state index in [1.54, 1.807) is 35.1 Å². The maximum atomic E-state index is 13.3. The van der Waals surface area contributed by atoms with Gasteiger partial charge in [0.25, 0.3) is 5.56 Å². The van der Waals surface area contributed by atoms with Gasteiger partial charge in [-0.25, -0.2) is 4.98 Å². The molecule has 1 amide bonds. The molecule has 0 aliphatic carbocycles.